The van der Waals surface area contributed by atoms with Crippen LogP contribution < -0.4 is 14.2 Å². The average molecular weight is 412 g/mol. The molecule has 0 saturated heterocycles. The molecule has 0 amide bonds. The van der Waals surface area contributed by atoms with E-state index in [2.05, 4.69) is 30.8 Å². The maximum atomic E-state index is 6.11. The van der Waals surface area contributed by atoms with Crippen LogP contribution >= 0.6 is 0 Å². The molecule has 0 aliphatic heterocycles. The number of hydrogen-bond acceptors (Lipinski definition) is 5. The number of benzene rings is 2. The van der Waals surface area contributed by atoms with E-state index in [0.717, 1.165) is 40.4 Å². The lowest BCUT2D eigenvalue weighted by atomic mass is 10.1. The molecule has 0 N–H and O–H groups in total. The van der Waals surface area contributed by atoms with Gasteiger partial charge in [-0.25, -0.2) is 0 Å². The van der Waals surface area contributed by atoms with Gasteiger partial charge in [0.05, 0.1) is 19.4 Å². The van der Waals surface area contributed by atoms with Crippen molar-refractivity contribution >= 4 is 6.21 Å². The lowest BCUT2D eigenvalue weighted by molar-refractivity contribution is 0.215. The number of allylic oxidation sites excluding steroid dienone is 1. The van der Waals surface area contributed by atoms with Crippen LogP contribution in [-0.4, -0.2) is 33.1 Å². The standard InChI is InChI=1S/C25H33NO4/c1-6-7-13-28-24-15-20(3)25(21(4)16-24)30-18-19(2)12-14-29-23-10-8-22(9-11-23)17-26-27-5/h6-11,15-17,19H,12-14,18H2,1-5H3/b7-6+,26-17?. The fourth-order valence-electron chi connectivity index (χ4n) is 2.91. The van der Waals surface area contributed by atoms with Gasteiger partial charge in [-0.15, -0.1) is 0 Å². The van der Waals surface area contributed by atoms with Gasteiger partial charge in [0, 0.05) is 0 Å². The van der Waals surface area contributed by atoms with Crippen LogP contribution in [0, 0.1) is 19.8 Å². The van der Waals surface area contributed by atoms with Gasteiger partial charge in [-0.05, 0) is 86.2 Å². The zero-order chi connectivity index (χ0) is 21.8. The molecular formula is C25H33NO4. The van der Waals surface area contributed by atoms with Crippen molar-refractivity contribution in [2.24, 2.45) is 11.1 Å². The molecule has 1 unspecified atom stereocenters. The monoisotopic (exact) mass is 411 g/mol. The Morgan fingerprint density at radius 3 is 2.30 bits per heavy atom. The molecule has 0 radical (unpaired) electrons. The Bertz CT molecular complexity index is 805. The predicted molar refractivity (Wildman–Crippen MR) is 122 cm³/mol. The Morgan fingerprint density at radius 1 is 0.967 bits per heavy atom. The van der Waals surface area contributed by atoms with Crippen molar-refractivity contribution in [2.45, 2.75) is 34.1 Å². The van der Waals surface area contributed by atoms with Gasteiger partial charge in [0.1, 0.15) is 31.0 Å². The van der Waals surface area contributed by atoms with E-state index in [9.17, 15) is 0 Å². The third kappa shape index (κ3) is 7.82. The first-order valence-corrected chi connectivity index (χ1v) is 10.3. The zero-order valence-electron chi connectivity index (χ0n) is 18.7. The van der Waals surface area contributed by atoms with Gasteiger partial charge in [-0.1, -0.05) is 24.2 Å². The van der Waals surface area contributed by atoms with Gasteiger partial charge in [0.25, 0.3) is 0 Å². The zero-order valence-corrected chi connectivity index (χ0v) is 18.7. The Morgan fingerprint density at radius 2 is 1.67 bits per heavy atom. The Kier molecular flexibility index (Phi) is 9.78. The summed E-state index contributed by atoms with van der Waals surface area (Å²) < 4.78 is 17.7. The summed E-state index contributed by atoms with van der Waals surface area (Å²) in [7, 11) is 1.53. The summed E-state index contributed by atoms with van der Waals surface area (Å²) in [6.07, 6.45) is 6.54. The van der Waals surface area contributed by atoms with E-state index in [1.807, 2.05) is 55.5 Å². The highest BCUT2D eigenvalue weighted by atomic mass is 16.6. The van der Waals surface area contributed by atoms with Crippen molar-refractivity contribution in [3.63, 3.8) is 0 Å². The molecule has 0 heterocycles. The van der Waals surface area contributed by atoms with Crippen LogP contribution in [0.5, 0.6) is 17.2 Å². The molecule has 0 saturated carbocycles. The lowest BCUT2D eigenvalue weighted by Crippen LogP contribution is -2.13. The van der Waals surface area contributed by atoms with E-state index in [-0.39, 0.29) is 0 Å². The highest BCUT2D eigenvalue weighted by molar-refractivity contribution is 5.79. The number of ether oxygens (including phenoxy) is 3. The summed E-state index contributed by atoms with van der Waals surface area (Å²) in [6.45, 7) is 10.1. The molecule has 2 aromatic rings. The molecule has 0 aliphatic carbocycles. The van der Waals surface area contributed by atoms with E-state index < -0.39 is 0 Å². The topological polar surface area (TPSA) is 49.3 Å². The normalized spacial score (nSPS) is 12.3. The summed E-state index contributed by atoms with van der Waals surface area (Å²) in [5.41, 5.74) is 3.15. The molecule has 2 rings (SSSR count). The number of oxime groups is 1. The van der Waals surface area contributed by atoms with E-state index in [1.54, 1.807) is 6.21 Å². The van der Waals surface area contributed by atoms with Crippen molar-refractivity contribution in [2.75, 3.05) is 26.9 Å². The van der Waals surface area contributed by atoms with E-state index in [0.29, 0.717) is 25.7 Å². The molecule has 5 heteroatoms. The second kappa shape index (κ2) is 12.6. The number of rotatable bonds is 12. The largest absolute Gasteiger partial charge is 0.494 e. The molecule has 1 atom stereocenters. The third-order valence-corrected chi connectivity index (χ3v) is 4.59. The molecular weight excluding hydrogens is 378 g/mol. The summed E-state index contributed by atoms with van der Waals surface area (Å²) >= 11 is 0. The maximum Gasteiger partial charge on any atom is 0.125 e. The molecule has 0 bridgehead atoms. The van der Waals surface area contributed by atoms with Gasteiger partial charge in [0.2, 0.25) is 0 Å². The van der Waals surface area contributed by atoms with Crippen molar-refractivity contribution in [1.82, 2.24) is 0 Å². The third-order valence-electron chi connectivity index (χ3n) is 4.59. The molecule has 30 heavy (non-hydrogen) atoms. The number of hydrogen-bond donors (Lipinski definition) is 0. The molecule has 0 aliphatic rings. The highest BCUT2D eigenvalue weighted by Gasteiger charge is 2.10. The number of nitrogens with zero attached hydrogens (tertiary/aromatic N) is 1. The molecule has 0 fully saturated rings. The molecule has 162 valence electrons. The first-order valence-electron chi connectivity index (χ1n) is 10.3. The second-order valence-corrected chi connectivity index (χ2v) is 7.31. The average Bonchev–Trinajstić information content (AvgIpc) is 2.73. The Labute approximate surface area is 180 Å². The predicted octanol–water partition coefficient (Wildman–Crippen LogP) is 5.72. The second-order valence-electron chi connectivity index (χ2n) is 7.31. The van der Waals surface area contributed by atoms with E-state index >= 15 is 0 Å². The quantitative estimate of drug-likeness (QED) is 0.254. The fourth-order valence-corrected chi connectivity index (χ4v) is 2.91. The van der Waals surface area contributed by atoms with Gasteiger partial charge in [-0.3, -0.25) is 0 Å². The van der Waals surface area contributed by atoms with Crippen LogP contribution in [0.25, 0.3) is 0 Å². The van der Waals surface area contributed by atoms with Crippen LogP contribution in [0.3, 0.4) is 0 Å². The van der Waals surface area contributed by atoms with Gasteiger partial charge in [0.15, 0.2) is 0 Å². The van der Waals surface area contributed by atoms with Gasteiger partial charge >= 0.3 is 0 Å². The first-order chi connectivity index (χ1) is 14.5. The Hall–Kier alpha value is -2.95. The Balaban J connectivity index is 1.77. The lowest BCUT2D eigenvalue weighted by Gasteiger charge is -2.17. The minimum absolute atomic E-state index is 0.377. The maximum absolute atomic E-state index is 6.11. The van der Waals surface area contributed by atoms with Crippen LogP contribution in [0.4, 0.5) is 0 Å². The van der Waals surface area contributed by atoms with E-state index in [1.165, 1.54) is 7.11 Å². The molecule has 0 aromatic heterocycles. The van der Waals surface area contributed by atoms with Gasteiger partial charge in [-0.2, -0.15) is 0 Å². The first kappa shape index (κ1) is 23.3. The van der Waals surface area contributed by atoms with Crippen molar-refractivity contribution in [1.29, 1.82) is 0 Å². The summed E-state index contributed by atoms with van der Waals surface area (Å²) in [6, 6.07) is 11.8. The fraction of sp³-hybridized carbons (Fsp3) is 0.400. The summed E-state index contributed by atoms with van der Waals surface area (Å²) in [5.74, 6) is 3.03. The summed E-state index contributed by atoms with van der Waals surface area (Å²) in [5, 5.41) is 3.75. The van der Waals surface area contributed by atoms with Crippen molar-refractivity contribution in [3.8, 4) is 17.2 Å². The molecule has 5 nitrogen and oxygen atoms in total. The summed E-state index contributed by atoms with van der Waals surface area (Å²) in [4.78, 5) is 4.68. The van der Waals surface area contributed by atoms with E-state index in [4.69, 9.17) is 14.2 Å². The van der Waals surface area contributed by atoms with Crippen LogP contribution in [-0.2, 0) is 4.84 Å². The van der Waals surface area contributed by atoms with Crippen LogP contribution in [0.1, 0.15) is 37.0 Å². The van der Waals surface area contributed by atoms with Crippen molar-refractivity contribution < 1.29 is 19.0 Å². The smallest absolute Gasteiger partial charge is 0.125 e. The minimum atomic E-state index is 0.377. The molecule has 2 aromatic carbocycles. The van der Waals surface area contributed by atoms with Gasteiger partial charge < -0.3 is 19.0 Å². The number of aryl methyl sites for hydroxylation is 2. The van der Waals surface area contributed by atoms with Crippen LogP contribution in [0.15, 0.2) is 53.7 Å². The SMILES string of the molecule is C/C=C/COc1cc(C)c(OCC(C)CCOc2ccc(C=NOC)cc2)c(C)c1. The molecule has 0 spiro atoms. The highest BCUT2D eigenvalue weighted by Crippen LogP contribution is 2.29. The van der Waals surface area contributed by atoms with Crippen molar-refractivity contribution in [3.05, 3.63) is 65.2 Å². The minimum Gasteiger partial charge on any atom is -0.494 e. The van der Waals surface area contributed by atoms with Crippen LogP contribution in [0.2, 0.25) is 0 Å².